The second-order valence-electron chi connectivity index (χ2n) is 7.08. The monoisotopic (exact) mass is 399 g/mol. The molecule has 0 atom stereocenters. The fraction of sp³-hybridized carbons (Fsp3) is 0.300. The molecule has 1 fully saturated rings. The molecule has 28 heavy (non-hydrogen) atoms. The van der Waals surface area contributed by atoms with Crippen molar-refractivity contribution in [2.24, 2.45) is 0 Å². The number of hydrogen-bond acceptors (Lipinski definition) is 4. The predicted octanol–water partition coefficient (Wildman–Crippen LogP) is 2.39. The van der Waals surface area contributed by atoms with Gasteiger partial charge in [-0.1, -0.05) is 0 Å². The van der Waals surface area contributed by atoms with Gasteiger partial charge < -0.3 is 10.2 Å². The minimum atomic E-state index is -3.29. The molecule has 0 unspecified atom stereocenters. The number of hydrogen-bond donors (Lipinski definition) is 1. The molecule has 2 amide bonds. The molecule has 8 heteroatoms. The standard InChI is InChI=1S/C20H21N3O4S/c1-28(26,27)23-12-10-15-13-16(6-9-18(15)23)21-20(25)14-4-7-17(8-5-14)22-11-2-3-19(22)24/h4-9,13H,2-3,10-12H2,1H3,(H,21,25). The molecule has 2 aliphatic heterocycles. The summed E-state index contributed by atoms with van der Waals surface area (Å²) in [5, 5.41) is 2.85. The molecule has 2 aliphatic rings. The summed E-state index contributed by atoms with van der Waals surface area (Å²) in [7, 11) is -3.29. The first-order chi connectivity index (χ1) is 13.3. The van der Waals surface area contributed by atoms with Gasteiger partial charge in [0.25, 0.3) is 5.91 Å². The van der Waals surface area contributed by atoms with E-state index in [1.165, 1.54) is 10.6 Å². The molecular weight excluding hydrogens is 378 g/mol. The average molecular weight is 399 g/mol. The molecule has 0 saturated carbocycles. The molecule has 1 N–H and O–H groups in total. The minimum Gasteiger partial charge on any atom is -0.322 e. The van der Waals surface area contributed by atoms with E-state index in [-0.39, 0.29) is 11.8 Å². The van der Waals surface area contributed by atoms with E-state index < -0.39 is 10.0 Å². The molecule has 7 nitrogen and oxygen atoms in total. The van der Waals surface area contributed by atoms with Gasteiger partial charge in [-0.2, -0.15) is 0 Å². The number of rotatable bonds is 4. The van der Waals surface area contributed by atoms with Gasteiger partial charge in [0.1, 0.15) is 0 Å². The molecule has 1 saturated heterocycles. The Bertz CT molecular complexity index is 1050. The third-order valence-electron chi connectivity index (χ3n) is 5.11. The minimum absolute atomic E-state index is 0.110. The fourth-order valence-corrected chi connectivity index (χ4v) is 4.67. The Morgan fingerprint density at radius 1 is 1.04 bits per heavy atom. The van der Waals surface area contributed by atoms with E-state index in [0.29, 0.717) is 42.9 Å². The zero-order valence-electron chi connectivity index (χ0n) is 15.5. The lowest BCUT2D eigenvalue weighted by atomic mass is 10.1. The van der Waals surface area contributed by atoms with Crippen molar-refractivity contribution in [3.63, 3.8) is 0 Å². The normalized spacial score (nSPS) is 16.4. The van der Waals surface area contributed by atoms with Crippen LogP contribution >= 0.6 is 0 Å². The van der Waals surface area contributed by atoms with Crippen molar-refractivity contribution in [2.75, 3.05) is 33.9 Å². The van der Waals surface area contributed by atoms with E-state index in [2.05, 4.69) is 5.32 Å². The summed E-state index contributed by atoms with van der Waals surface area (Å²) in [6.07, 6.45) is 3.23. The second kappa shape index (κ2) is 6.94. The Morgan fingerprint density at radius 3 is 2.43 bits per heavy atom. The molecule has 2 aromatic rings. The number of fused-ring (bicyclic) bond motifs is 1. The maximum atomic E-state index is 12.5. The third-order valence-corrected chi connectivity index (χ3v) is 6.29. The van der Waals surface area contributed by atoms with Crippen LogP contribution in [0.5, 0.6) is 0 Å². The molecule has 2 heterocycles. The van der Waals surface area contributed by atoms with Gasteiger partial charge in [0, 0.05) is 36.4 Å². The molecule has 0 aliphatic carbocycles. The van der Waals surface area contributed by atoms with Gasteiger partial charge in [0.15, 0.2) is 0 Å². The van der Waals surface area contributed by atoms with Crippen molar-refractivity contribution in [1.82, 2.24) is 0 Å². The average Bonchev–Trinajstić information content (AvgIpc) is 3.27. The summed E-state index contributed by atoms with van der Waals surface area (Å²) in [5.41, 5.74) is 3.48. The van der Waals surface area contributed by atoms with Crippen molar-refractivity contribution < 1.29 is 18.0 Å². The molecule has 4 rings (SSSR count). The van der Waals surface area contributed by atoms with Gasteiger partial charge in [0.05, 0.1) is 11.9 Å². The van der Waals surface area contributed by atoms with Crippen LogP contribution in [0.1, 0.15) is 28.8 Å². The van der Waals surface area contributed by atoms with E-state index >= 15 is 0 Å². The molecule has 0 spiro atoms. The quantitative estimate of drug-likeness (QED) is 0.855. The van der Waals surface area contributed by atoms with Crippen LogP contribution in [0.3, 0.4) is 0 Å². The number of nitrogens with one attached hydrogen (secondary N) is 1. The first-order valence-corrected chi connectivity index (χ1v) is 11.0. The van der Waals surface area contributed by atoms with Crippen molar-refractivity contribution in [2.45, 2.75) is 19.3 Å². The third kappa shape index (κ3) is 3.47. The molecule has 146 valence electrons. The van der Waals surface area contributed by atoms with Crippen molar-refractivity contribution in [3.05, 3.63) is 53.6 Å². The van der Waals surface area contributed by atoms with E-state index in [1.807, 2.05) is 6.07 Å². The lowest BCUT2D eigenvalue weighted by Gasteiger charge is -2.17. The van der Waals surface area contributed by atoms with E-state index in [0.717, 1.165) is 17.7 Å². The Morgan fingerprint density at radius 2 is 1.79 bits per heavy atom. The van der Waals surface area contributed by atoms with E-state index in [9.17, 15) is 18.0 Å². The van der Waals surface area contributed by atoms with Gasteiger partial charge in [0.2, 0.25) is 15.9 Å². The molecule has 0 radical (unpaired) electrons. The number of benzene rings is 2. The lowest BCUT2D eigenvalue weighted by Crippen LogP contribution is -2.27. The number of anilines is 3. The number of sulfonamides is 1. The molecule has 2 aromatic carbocycles. The SMILES string of the molecule is CS(=O)(=O)N1CCc2cc(NC(=O)c3ccc(N4CCCC4=O)cc3)ccc21. The van der Waals surface area contributed by atoms with Crippen LogP contribution in [-0.4, -0.2) is 39.6 Å². The predicted molar refractivity (Wildman–Crippen MR) is 108 cm³/mol. The summed E-state index contributed by atoms with van der Waals surface area (Å²) in [4.78, 5) is 26.1. The zero-order valence-corrected chi connectivity index (χ0v) is 16.3. The van der Waals surface area contributed by atoms with Crippen LogP contribution in [0.15, 0.2) is 42.5 Å². The topological polar surface area (TPSA) is 86.8 Å². The first kappa shape index (κ1) is 18.5. The van der Waals surface area contributed by atoms with Crippen LogP contribution in [0, 0.1) is 0 Å². The highest BCUT2D eigenvalue weighted by Crippen LogP contribution is 2.32. The van der Waals surface area contributed by atoms with Crippen LogP contribution in [0.2, 0.25) is 0 Å². The number of carbonyl (C=O) groups excluding carboxylic acids is 2. The van der Waals surface area contributed by atoms with Crippen LogP contribution < -0.4 is 14.5 Å². The Hall–Kier alpha value is -2.87. The lowest BCUT2D eigenvalue weighted by molar-refractivity contribution is -0.117. The maximum absolute atomic E-state index is 12.5. The van der Waals surface area contributed by atoms with Crippen molar-refractivity contribution in [3.8, 4) is 0 Å². The van der Waals surface area contributed by atoms with Gasteiger partial charge >= 0.3 is 0 Å². The summed E-state index contributed by atoms with van der Waals surface area (Å²) in [6, 6.07) is 12.2. The van der Waals surface area contributed by atoms with Crippen molar-refractivity contribution in [1.29, 1.82) is 0 Å². The van der Waals surface area contributed by atoms with Crippen LogP contribution in [0.4, 0.5) is 17.1 Å². The largest absolute Gasteiger partial charge is 0.322 e. The highest BCUT2D eigenvalue weighted by Gasteiger charge is 2.26. The van der Waals surface area contributed by atoms with E-state index in [4.69, 9.17) is 0 Å². The number of carbonyl (C=O) groups is 2. The Labute approximate surface area is 164 Å². The van der Waals surface area contributed by atoms with Crippen LogP contribution in [0.25, 0.3) is 0 Å². The summed E-state index contributed by atoms with van der Waals surface area (Å²) in [6.45, 7) is 1.13. The first-order valence-electron chi connectivity index (χ1n) is 9.15. The summed E-state index contributed by atoms with van der Waals surface area (Å²) < 4.78 is 25.0. The zero-order chi connectivity index (χ0) is 19.9. The second-order valence-corrected chi connectivity index (χ2v) is 8.99. The highest BCUT2D eigenvalue weighted by molar-refractivity contribution is 7.92. The van der Waals surface area contributed by atoms with Crippen molar-refractivity contribution >= 4 is 38.9 Å². The van der Waals surface area contributed by atoms with Gasteiger partial charge in [-0.05, 0) is 60.9 Å². The molecule has 0 aromatic heterocycles. The van der Waals surface area contributed by atoms with Gasteiger partial charge in [-0.25, -0.2) is 8.42 Å². The maximum Gasteiger partial charge on any atom is 0.255 e. The smallest absolute Gasteiger partial charge is 0.255 e. The van der Waals surface area contributed by atoms with E-state index in [1.54, 1.807) is 41.3 Å². The Balaban J connectivity index is 1.48. The molecule has 0 bridgehead atoms. The number of amides is 2. The van der Waals surface area contributed by atoms with Crippen LogP contribution in [-0.2, 0) is 21.2 Å². The highest BCUT2D eigenvalue weighted by atomic mass is 32.2. The number of nitrogens with zero attached hydrogens (tertiary/aromatic N) is 2. The van der Waals surface area contributed by atoms with Gasteiger partial charge in [-0.3, -0.25) is 13.9 Å². The molecular formula is C20H21N3O4S. The fourth-order valence-electron chi connectivity index (χ4n) is 3.71. The summed E-state index contributed by atoms with van der Waals surface area (Å²) in [5.74, 6) is -0.143. The Kier molecular flexibility index (Phi) is 4.58. The van der Waals surface area contributed by atoms with Gasteiger partial charge in [-0.15, -0.1) is 0 Å². The summed E-state index contributed by atoms with van der Waals surface area (Å²) >= 11 is 0.